The van der Waals surface area contributed by atoms with Crippen molar-refractivity contribution in [1.29, 1.82) is 0 Å². The van der Waals surface area contributed by atoms with Gasteiger partial charge in [0.25, 0.3) is 5.56 Å². The summed E-state index contributed by atoms with van der Waals surface area (Å²) in [6.45, 7) is 1.52. The van der Waals surface area contributed by atoms with Crippen molar-refractivity contribution in [2.75, 3.05) is 25.1 Å². The van der Waals surface area contributed by atoms with Gasteiger partial charge in [-0.3, -0.25) is 14.3 Å². The highest BCUT2D eigenvalue weighted by Crippen LogP contribution is 2.26. The van der Waals surface area contributed by atoms with Crippen molar-refractivity contribution in [1.82, 2.24) is 14.5 Å². The summed E-state index contributed by atoms with van der Waals surface area (Å²) < 4.78 is 6.86. The van der Waals surface area contributed by atoms with Crippen LogP contribution in [-0.4, -0.2) is 34.7 Å². The Bertz CT molecular complexity index is 1060. The van der Waals surface area contributed by atoms with E-state index < -0.39 is 0 Å². The number of hydrogen-bond acceptors (Lipinski definition) is 5. The molecule has 1 aliphatic rings. The highest BCUT2D eigenvalue weighted by atomic mass is 16.5. The lowest BCUT2D eigenvalue weighted by Crippen LogP contribution is -2.35. The van der Waals surface area contributed by atoms with Gasteiger partial charge in [0.05, 0.1) is 12.8 Å². The van der Waals surface area contributed by atoms with E-state index in [1.54, 1.807) is 37.2 Å². The fourth-order valence-electron chi connectivity index (χ4n) is 3.41. The molecule has 142 valence electrons. The zero-order valence-corrected chi connectivity index (χ0v) is 16.0. The minimum atomic E-state index is -0.0719. The summed E-state index contributed by atoms with van der Waals surface area (Å²) in [4.78, 5) is 23.5. The van der Waals surface area contributed by atoms with Crippen molar-refractivity contribution in [2.24, 2.45) is 7.05 Å². The maximum atomic E-state index is 12.6. The molecule has 0 unspecified atom stereocenters. The van der Waals surface area contributed by atoms with E-state index in [1.165, 1.54) is 5.57 Å². The Morgan fingerprint density at radius 3 is 2.50 bits per heavy atom. The molecule has 0 atom stereocenters. The lowest BCUT2D eigenvalue weighted by atomic mass is 10.0. The third-order valence-electron chi connectivity index (χ3n) is 4.98. The number of rotatable bonds is 4. The Balaban J connectivity index is 1.66. The Kier molecular flexibility index (Phi) is 4.93. The summed E-state index contributed by atoms with van der Waals surface area (Å²) in [6, 6.07) is 13.4. The van der Waals surface area contributed by atoms with E-state index in [2.05, 4.69) is 28.1 Å². The molecule has 3 aromatic rings. The molecule has 0 spiro atoms. The van der Waals surface area contributed by atoms with Crippen LogP contribution in [0.4, 0.5) is 5.95 Å². The van der Waals surface area contributed by atoms with Gasteiger partial charge in [-0.25, -0.2) is 4.98 Å². The van der Waals surface area contributed by atoms with Crippen molar-refractivity contribution in [3.05, 3.63) is 76.9 Å². The predicted octanol–water partition coefficient (Wildman–Crippen LogP) is 3.14. The number of pyridine rings is 1. The molecular formula is C22H22N4O2. The summed E-state index contributed by atoms with van der Waals surface area (Å²) in [6.07, 6.45) is 6.57. The van der Waals surface area contributed by atoms with Crippen LogP contribution in [0.25, 0.3) is 16.8 Å². The number of nitrogens with zero attached hydrogens (tertiary/aromatic N) is 4. The molecule has 28 heavy (non-hydrogen) atoms. The first kappa shape index (κ1) is 18.0. The van der Waals surface area contributed by atoms with Gasteiger partial charge in [-0.1, -0.05) is 18.2 Å². The molecule has 2 aromatic heterocycles. The molecule has 6 nitrogen and oxygen atoms in total. The van der Waals surface area contributed by atoms with E-state index in [0.717, 1.165) is 29.8 Å². The zero-order chi connectivity index (χ0) is 19.5. The molecule has 0 N–H and O–H groups in total. The van der Waals surface area contributed by atoms with E-state index in [4.69, 9.17) is 9.72 Å². The van der Waals surface area contributed by atoms with Crippen molar-refractivity contribution < 1.29 is 4.74 Å². The predicted molar refractivity (Wildman–Crippen MR) is 111 cm³/mol. The van der Waals surface area contributed by atoms with Gasteiger partial charge in [-0.05, 0) is 41.8 Å². The number of aromatic nitrogens is 3. The molecule has 0 fully saturated rings. The van der Waals surface area contributed by atoms with Crippen LogP contribution in [0.1, 0.15) is 12.0 Å². The smallest absolute Gasteiger partial charge is 0.255 e. The van der Waals surface area contributed by atoms with E-state index in [0.29, 0.717) is 18.2 Å². The molecule has 3 heterocycles. The van der Waals surface area contributed by atoms with Gasteiger partial charge in [-0.2, -0.15) is 0 Å². The topological polar surface area (TPSA) is 60.2 Å². The molecule has 6 heteroatoms. The van der Waals surface area contributed by atoms with Gasteiger partial charge in [0, 0.05) is 44.2 Å². The fraction of sp³-hybridized carbons (Fsp3) is 0.227. The van der Waals surface area contributed by atoms with Crippen LogP contribution in [-0.2, 0) is 7.05 Å². The number of methoxy groups -OCH3 is 1. The molecular weight excluding hydrogens is 352 g/mol. The van der Waals surface area contributed by atoms with E-state index in [-0.39, 0.29) is 5.56 Å². The van der Waals surface area contributed by atoms with Crippen LogP contribution in [0.2, 0.25) is 0 Å². The molecule has 0 saturated heterocycles. The Labute approximate surface area is 163 Å². The van der Waals surface area contributed by atoms with Crippen LogP contribution in [0.5, 0.6) is 5.75 Å². The molecule has 0 saturated carbocycles. The average Bonchev–Trinajstić information content (AvgIpc) is 2.76. The number of anilines is 1. The monoisotopic (exact) mass is 374 g/mol. The zero-order valence-electron chi connectivity index (χ0n) is 16.0. The Morgan fingerprint density at radius 1 is 1.04 bits per heavy atom. The summed E-state index contributed by atoms with van der Waals surface area (Å²) in [5.74, 6) is 1.52. The first-order valence-electron chi connectivity index (χ1n) is 9.22. The quantitative estimate of drug-likeness (QED) is 0.702. The van der Waals surface area contributed by atoms with Crippen molar-refractivity contribution in [3.63, 3.8) is 0 Å². The third-order valence-corrected chi connectivity index (χ3v) is 4.98. The number of ether oxygens (including phenoxy) is 1. The van der Waals surface area contributed by atoms with Crippen LogP contribution >= 0.6 is 0 Å². The van der Waals surface area contributed by atoms with E-state index >= 15 is 0 Å². The van der Waals surface area contributed by atoms with Gasteiger partial charge < -0.3 is 9.64 Å². The standard InChI is InChI=1S/C22H22N4O2/c1-25-21(27)14-20(17-9-11-23-12-10-17)24-22(25)26-13-3-4-18(15-26)16-5-7-19(28-2)8-6-16/h4-12,14H,3,13,15H2,1-2H3. The second-order valence-electron chi connectivity index (χ2n) is 6.74. The Hall–Kier alpha value is -3.41. The maximum absolute atomic E-state index is 12.6. The van der Waals surface area contributed by atoms with Crippen molar-refractivity contribution >= 4 is 11.5 Å². The summed E-state index contributed by atoms with van der Waals surface area (Å²) in [5.41, 5.74) is 3.86. The fourth-order valence-corrected chi connectivity index (χ4v) is 3.41. The third kappa shape index (κ3) is 3.53. The van der Waals surface area contributed by atoms with Crippen LogP contribution in [0, 0.1) is 0 Å². The Morgan fingerprint density at radius 2 is 1.79 bits per heavy atom. The summed E-state index contributed by atoms with van der Waals surface area (Å²) >= 11 is 0. The number of benzene rings is 1. The normalized spacial score (nSPS) is 13.9. The summed E-state index contributed by atoms with van der Waals surface area (Å²) in [5, 5.41) is 0. The highest BCUT2D eigenvalue weighted by Gasteiger charge is 2.19. The number of hydrogen-bond donors (Lipinski definition) is 0. The SMILES string of the molecule is COc1ccc(C2=CCCN(c3nc(-c4ccncc4)cc(=O)n3C)C2)cc1. The average molecular weight is 374 g/mol. The minimum absolute atomic E-state index is 0.0719. The maximum Gasteiger partial charge on any atom is 0.255 e. The second-order valence-corrected chi connectivity index (χ2v) is 6.74. The molecule has 0 bridgehead atoms. The summed E-state index contributed by atoms with van der Waals surface area (Å²) in [7, 11) is 3.44. The molecule has 4 rings (SSSR count). The second kappa shape index (κ2) is 7.68. The van der Waals surface area contributed by atoms with Gasteiger partial charge in [0.2, 0.25) is 5.95 Å². The van der Waals surface area contributed by atoms with Gasteiger partial charge >= 0.3 is 0 Å². The van der Waals surface area contributed by atoms with Gasteiger partial charge in [0.1, 0.15) is 5.75 Å². The molecule has 0 amide bonds. The largest absolute Gasteiger partial charge is 0.497 e. The van der Waals surface area contributed by atoms with Gasteiger partial charge in [-0.15, -0.1) is 0 Å². The first-order valence-corrected chi connectivity index (χ1v) is 9.22. The van der Waals surface area contributed by atoms with Crippen LogP contribution < -0.4 is 15.2 Å². The highest BCUT2D eigenvalue weighted by molar-refractivity contribution is 5.71. The van der Waals surface area contributed by atoms with Crippen LogP contribution in [0.3, 0.4) is 0 Å². The lowest BCUT2D eigenvalue weighted by Gasteiger charge is -2.30. The van der Waals surface area contributed by atoms with Crippen molar-refractivity contribution in [2.45, 2.75) is 6.42 Å². The van der Waals surface area contributed by atoms with Crippen molar-refractivity contribution in [3.8, 4) is 17.0 Å². The van der Waals surface area contributed by atoms with Crippen LogP contribution in [0.15, 0.2) is 65.7 Å². The first-order chi connectivity index (χ1) is 13.7. The minimum Gasteiger partial charge on any atom is -0.497 e. The van der Waals surface area contributed by atoms with E-state index in [1.807, 2.05) is 24.3 Å². The molecule has 1 aromatic carbocycles. The molecule has 1 aliphatic heterocycles. The lowest BCUT2D eigenvalue weighted by molar-refractivity contribution is 0.415. The van der Waals surface area contributed by atoms with Gasteiger partial charge in [0.15, 0.2) is 0 Å². The van der Waals surface area contributed by atoms with E-state index in [9.17, 15) is 4.79 Å². The molecule has 0 aliphatic carbocycles. The molecule has 0 radical (unpaired) electrons.